The summed E-state index contributed by atoms with van der Waals surface area (Å²) >= 11 is 0. The van der Waals surface area contributed by atoms with Crippen LogP contribution >= 0.6 is 0 Å². The van der Waals surface area contributed by atoms with E-state index in [1.807, 2.05) is 20.8 Å². The van der Waals surface area contributed by atoms with Crippen molar-refractivity contribution in [2.24, 2.45) is 0 Å². The van der Waals surface area contributed by atoms with Crippen molar-refractivity contribution in [2.75, 3.05) is 0 Å². The molecule has 0 radical (unpaired) electrons. The summed E-state index contributed by atoms with van der Waals surface area (Å²) in [4.78, 5) is 21.8. The van der Waals surface area contributed by atoms with Gasteiger partial charge < -0.3 is 4.74 Å². The van der Waals surface area contributed by atoms with Crippen LogP contribution in [0.1, 0.15) is 23.9 Å². The first-order valence-electron chi connectivity index (χ1n) is 7.81. The van der Waals surface area contributed by atoms with Crippen LogP contribution in [0.15, 0.2) is 29.1 Å². The fraction of sp³-hybridized carbons (Fsp3) is 0.278. The molecule has 0 amide bonds. The van der Waals surface area contributed by atoms with Crippen molar-refractivity contribution in [3.63, 3.8) is 0 Å². The molecule has 3 heterocycles. The van der Waals surface area contributed by atoms with Gasteiger partial charge in [-0.3, -0.25) is 9.36 Å². The van der Waals surface area contributed by atoms with E-state index in [0.717, 1.165) is 11.4 Å². The van der Waals surface area contributed by atoms with E-state index in [4.69, 9.17) is 4.74 Å². The van der Waals surface area contributed by atoms with E-state index in [1.165, 1.54) is 12.1 Å². The molecule has 0 saturated heterocycles. The first-order valence-corrected chi connectivity index (χ1v) is 7.81. The van der Waals surface area contributed by atoms with Gasteiger partial charge in [-0.1, -0.05) is 0 Å². The third kappa shape index (κ3) is 2.10. The molecule has 0 aliphatic carbocycles. The molecule has 0 bridgehead atoms. The minimum Gasteiger partial charge on any atom is -0.475 e. The lowest BCUT2D eigenvalue weighted by Gasteiger charge is -2.16. The van der Waals surface area contributed by atoms with Gasteiger partial charge in [-0.15, -0.1) is 0 Å². The van der Waals surface area contributed by atoms with Crippen LogP contribution in [0.5, 0.6) is 5.88 Å². The topological polar surface area (TPSA) is 57.0 Å². The average Bonchev–Trinajstić information content (AvgIpc) is 2.93. The number of aromatic nitrogens is 3. The minimum atomic E-state index is -0.326. The number of rotatable bonds is 1. The van der Waals surface area contributed by atoms with Crippen LogP contribution in [0.25, 0.3) is 16.9 Å². The van der Waals surface area contributed by atoms with Gasteiger partial charge in [0.15, 0.2) is 11.2 Å². The molecule has 1 aromatic carbocycles. The van der Waals surface area contributed by atoms with E-state index in [-0.39, 0.29) is 17.3 Å². The largest absolute Gasteiger partial charge is 0.475 e. The molecule has 1 aliphatic heterocycles. The zero-order valence-corrected chi connectivity index (χ0v) is 13.6. The van der Waals surface area contributed by atoms with Crippen LogP contribution in [-0.4, -0.2) is 20.6 Å². The van der Waals surface area contributed by atoms with Gasteiger partial charge in [-0.05, 0) is 45.0 Å². The number of pyridine rings is 1. The van der Waals surface area contributed by atoms with Gasteiger partial charge in [0.2, 0.25) is 11.3 Å². The molecular formula is C18H16FN3O2. The van der Waals surface area contributed by atoms with E-state index >= 15 is 0 Å². The van der Waals surface area contributed by atoms with E-state index in [9.17, 15) is 9.18 Å². The molecule has 1 unspecified atom stereocenters. The number of benzene rings is 1. The van der Waals surface area contributed by atoms with Gasteiger partial charge in [0.1, 0.15) is 11.9 Å². The second kappa shape index (κ2) is 5.12. The maximum atomic E-state index is 13.3. The van der Waals surface area contributed by atoms with Gasteiger partial charge in [-0.2, -0.15) is 0 Å². The number of hydrogen-bond acceptors (Lipinski definition) is 4. The van der Waals surface area contributed by atoms with Crippen LogP contribution in [0.2, 0.25) is 0 Å². The molecule has 24 heavy (non-hydrogen) atoms. The molecule has 6 heteroatoms. The Kier molecular flexibility index (Phi) is 3.16. The molecule has 0 spiro atoms. The Morgan fingerprint density at radius 1 is 1.17 bits per heavy atom. The number of nitrogens with zero attached hydrogens (tertiary/aromatic N) is 3. The summed E-state index contributed by atoms with van der Waals surface area (Å²) in [5.74, 6) is 0.150. The van der Waals surface area contributed by atoms with E-state index < -0.39 is 0 Å². The Morgan fingerprint density at radius 3 is 2.54 bits per heavy atom. The Labute approximate surface area is 137 Å². The standard InChI is InChI=1S/C18H16FN3O2/c1-9-8-14-16(23)15-17(21-11(3)10(2)20-15)22(18(14)24-9)13-6-4-12(19)5-7-13/h4-7,9H,8H2,1-3H3. The second-order valence-corrected chi connectivity index (χ2v) is 6.12. The minimum absolute atomic E-state index is 0.0987. The molecule has 0 saturated carbocycles. The summed E-state index contributed by atoms with van der Waals surface area (Å²) in [6.07, 6.45) is 0.429. The van der Waals surface area contributed by atoms with Crippen molar-refractivity contribution in [3.8, 4) is 11.6 Å². The van der Waals surface area contributed by atoms with Crippen molar-refractivity contribution in [1.29, 1.82) is 0 Å². The lowest BCUT2D eigenvalue weighted by molar-refractivity contribution is 0.242. The highest BCUT2D eigenvalue weighted by molar-refractivity contribution is 5.76. The Hall–Kier alpha value is -2.76. The zero-order chi connectivity index (χ0) is 17.0. The summed E-state index contributed by atoms with van der Waals surface area (Å²) < 4.78 is 21.0. The zero-order valence-electron chi connectivity index (χ0n) is 13.6. The van der Waals surface area contributed by atoms with Crippen LogP contribution in [-0.2, 0) is 6.42 Å². The third-order valence-corrected chi connectivity index (χ3v) is 4.34. The summed E-state index contributed by atoms with van der Waals surface area (Å²) in [5.41, 5.74) is 3.35. The van der Waals surface area contributed by atoms with Crippen molar-refractivity contribution >= 4 is 11.2 Å². The Bertz CT molecular complexity index is 1030. The van der Waals surface area contributed by atoms with Crippen molar-refractivity contribution in [2.45, 2.75) is 33.3 Å². The van der Waals surface area contributed by atoms with Gasteiger partial charge >= 0.3 is 0 Å². The van der Waals surface area contributed by atoms with Gasteiger partial charge in [0.25, 0.3) is 0 Å². The van der Waals surface area contributed by atoms with Crippen LogP contribution in [0, 0.1) is 19.7 Å². The van der Waals surface area contributed by atoms with E-state index in [1.54, 1.807) is 16.7 Å². The molecule has 122 valence electrons. The number of halogens is 1. The molecule has 0 fully saturated rings. The smallest absolute Gasteiger partial charge is 0.216 e. The SMILES string of the molecule is Cc1nc2c(=O)c3c(n(-c4ccc(F)cc4)c2nc1C)OC(C)C3. The van der Waals surface area contributed by atoms with Crippen molar-refractivity contribution in [1.82, 2.24) is 14.5 Å². The fourth-order valence-corrected chi connectivity index (χ4v) is 3.02. The average molecular weight is 325 g/mol. The molecule has 1 aliphatic rings. The Morgan fingerprint density at radius 2 is 1.83 bits per heavy atom. The molecule has 0 N–H and O–H groups in total. The summed E-state index contributed by atoms with van der Waals surface area (Å²) in [6.45, 7) is 5.59. The van der Waals surface area contributed by atoms with E-state index in [2.05, 4.69) is 9.97 Å². The molecule has 4 rings (SSSR count). The number of fused-ring (bicyclic) bond motifs is 2. The highest BCUT2D eigenvalue weighted by atomic mass is 19.1. The second-order valence-electron chi connectivity index (χ2n) is 6.12. The monoisotopic (exact) mass is 325 g/mol. The third-order valence-electron chi connectivity index (χ3n) is 4.34. The number of ether oxygens (including phenoxy) is 1. The number of hydrogen-bond donors (Lipinski definition) is 0. The molecule has 5 nitrogen and oxygen atoms in total. The summed E-state index contributed by atoms with van der Waals surface area (Å²) in [5, 5.41) is 0. The van der Waals surface area contributed by atoms with Crippen molar-refractivity contribution in [3.05, 3.63) is 57.3 Å². The van der Waals surface area contributed by atoms with Gasteiger partial charge in [-0.25, -0.2) is 14.4 Å². The molecular weight excluding hydrogens is 309 g/mol. The lowest BCUT2D eigenvalue weighted by atomic mass is 10.1. The Balaban J connectivity index is 2.16. The highest BCUT2D eigenvalue weighted by Crippen LogP contribution is 2.32. The first-order chi connectivity index (χ1) is 11.5. The maximum Gasteiger partial charge on any atom is 0.216 e. The van der Waals surface area contributed by atoms with Gasteiger partial charge in [0, 0.05) is 6.42 Å². The highest BCUT2D eigenvalue weighted by Gasteiger charge is 2.29. The van der Waals surface area contributed by atoms with Crippen LogP contribution in [0.3, 0.4) is 0 Å². The van der Waals surface area contributed by atoms with E-state index in [0.29, 0.717) is 34.7 Å². The van der Waals surface area contributed by atoms with Crippen molar-refractivity contribution < 1.29 is 9.13 Å². The summed E-state index contributed by atoms with van der Waals surface area (Å²) in [6, 6.07) is 6.03. The van der Waals surface area contributed by atoms with Crippen LogP contribution < -0.4 is 10.2 Å². The summed E-state index contributed by atoms with van der Waals surface area (Å²) in [7, 11) is 0. The molecule has 1 atom stereocenters. The fourth-order valence-electron chi connectivity index (χ4n) is 3.02. The molecule has 3 aromatic rings. The molecule has 2 aromatic heterocycles. The van der Waals surface area contributed by atoms with Crippen LogP contribution in [0.4, 0.5) is 4.39 Å². The lowest BCUT2D eigenvalue weighted by Crippen LogP contribution is -2.16. The normalized spacial score (nSPS) is 16.2. The predicted molar refractivity (Wildman–Crippen MR) is 88.4 cm³/mol. The van der Waals surface area contributed by atoms with Gasteiger partial charge in [0.05, 0.1) is 22.6 Å². The predicted octanol–water partition coefficient (Wildman–Crippen LogP) is 2.86. The quantitative estimate of drug-likeness (QED) is 0.690. The first kappa shape index (κ1) is 14.8. The maximum absolute atomic E-state index is 13.3. The number of aryl methyl sites for hydroxylation is 2.